The van der Waals surface area contributed by atoms with Gasteiger partial charge in [0.2, 0.25) is 9.84 Å². The van der Waals surface area contributed by atoms with E-state index in [4.69, 9.17) is 11.6 Å². The van der Waals surface area contributed by atoms with E-state index in [2.05, 4.69) is 15.5 Å². The summed E-state index contributed by atoms with van der Waals surface area (Å²) in [6, 6.07) is 8.88. The molecule has 0 fully saturated rings. The maximum atomic E-state index is 12.4. The van der Waals surface area contributed by atoms with Crippen molar-refractivity contribution in [3.05, 3.63) is 30.3 Å². The fraction of sp³-hybridized carbons (Fsp3) is 0.364. The molecule has 1 aromatic carbocycles. The second-order valence-corrected chi connectivity index (χ2v) is 6.68. The first kappa shape index (κ1) is 14.0. The molecule has 8 heteroatoms. The molecule has 0 spiro atoms. The average Bonchev–Trinajstić information content (AvgIpc) is 2.90. The predicted molar refractivity (Wildman–Crippen MR) is 71.1 cm³/mol. The van der Waals surface area contributed by atoms with Gasteiger partial charge in [0.15, 0.2) is 0 Å². The molecule has 2 aromatic rings. The highest BCUT2D eigenvalue weighted by molar-refractivity contribution is 7.91. The Morgan fingerprint density at radius 2 is 2.00 bits per heavy atom. The van der Waals surface area contributed by atoms with Crippen LogP contribution in [0.5, 0.6) is 0 Å². The molecule has 102 valence electrons. The lowest BCUT2D eigenvalue weighted by Gasteiger charge is -2.10. The molecule has 0 amide bonds. The van der Waals surface area contributed by atoms with Gasteiger partial charge in [0.05, 0.1) is 10.9 Å². The third-order valence-corrected chi connectivity index (χ3v) is 5.02. The van der Waals surface area contributed by atoms with Crippen LogP contribution in [0.15, 0.2) is 35.5 Å². The number of tetrazole rings is 1. The van der Waals surface area contributed by atoms with Gasteiger partial charge in [-0.15, -0.1) is 11.6 Å². The van der Waals surface area contributed by atoms with Gasteiger partial charge in [0, 0.05) is 5.88 Å². The highest BCUT2D eigenvalue weighted by atomic mass is 35.5. The molecule has 2 rings (SSSR count). The van der Waals surface area contributed by atoms with Crippen LogP contribution in [0.3, 0.4) is 0 Å². The summed E-state index contributed by atoms with van der Waals surface area (Å²) in [7, 11) is -3.59. The number of rotatable bonds is 5. The largest absolute Gasteiger partial charge is 0.272 e. The normalized spacial score (nSPS) is 13.4. The topological polar surface area (TPSA) is 77.7 Å². The Kier molecular flexibility index (Phi) is 4.16. The van der Waals surface area contributed by atoms with Gasteiger partial charge >= 0.3 is 0 Å². The SMILES string of the molecule is CC(CCCl)S(=O)(=O)c1nnnn1-c1ccccc1. The van der Waals surface area contributed by atoms with E-state index < -0.39 is 15.1 Å². The summed E-state index contributed by atoms with van der Waals surface area (Å²) >= 11 is 5.60. The van der Waals surface area contributed by atoms with E-state index in [0.29, 0.717) is 12.1 Å². The van der Waals surface area contributed by atoms with E-state index in [9.17, 15) is 8.42 Å². The average molecular weight is 301 g/mol. The fourth-order valence-electron chi connectivity index (χ4n) is 1.58. The Morgan fingerprint density at radius 3 is 2.63 bits per heavy atom. The highest BCUT2D eigenvalue weighted by Gasteiger charge is 2.29. The Bertz CT molecular complexity index is 642. The van der Waals surface area contributed by atoms with E-state index >= 15 is 0 Å². The lowest BCUT2D eigenvalue weighted by Crippen LogP contribution is -2.22. The molecule has 1 aromatic heterocycles. The monoisotopic (exact) mass is 300 g/mol. The first-order chi connectivity index (χ1) is 9.07. The Hall–Kier alpha value is -1.47. The molecule has 0 aliphatic heterocycles. The van der Waals surface area contributed by atoms with Crippen LogP contribution in [0.2, 0.25) is 0 Å². The van der Waals surface area contributed by atoms with Crippen molar-refractivity contribution in [1.29, 1.82) is 0 Å². The van der Waals surface area contributed by atoms with Gasteiger partial charge in [-0.2, -0.15) is 4.68 Å². The first-order valence-electron chi connectivity index (χ1n) is 5.71. The van der Waals surface area contributed by atoms with Crippen LogP contribution in [0.1, 0.15) is 13.3 Å². The van der Waals surface area contributed by atoms with Crippen LogP contribution in [0.25, 0.3) is 5.69 Å². The fourth-order valence-corrected chi connectivity index (χ4v) is 3.35. The summed E-state index contributed by atoms with van der Waals surface area (Å²) in [5.74, 6) is 0.271. The number of hydrogen-bond donors (Lipinski definition) is 0. The maximum Gasteiger partial charge on any atom is 0.272 e. The maximum absolute atomic E-state index is 12.4. The van der Waals surface area contributed by atoms with E-state index in [1.807, 2.05) is 6.07 Å². The van der Waals surface area contributed by atoms with Crippen LogP contribution in [-0.4, -0.2) is 39.8 Å². The van der Waals surface area contributed by atoms with Crippen LogP contribution in [-0.2, 0) is 9.84 Å². The Balaban J connectivity index is 2.46. The summed E-state index contributed by atoms with van der Waals surface area (Å²) in [4.78, 5) is 0. The molecular weight excluding hydrogens is 288 g/mol. The third kappa shape index (κ3) is 2.76. The zero-order valence-electron chi connectivity index (χ0n) is 10.3. The summed E-state index contributed by atoms with van der Waals surface area (Å²) < 4.78 is 25.9. The first-order valence-corrected chi connectivity index (χ1v) is 7.79. The molecule has 0 saturated heterocycles. The van der Waals surface area contributed by atoms with Crippen LogP contribution < -0.4 is 0 Å². The van der Waals surface area contributed by atoms with Gasteiger partial charge in [-0.3, -0.25) is 0 Å². The van der Waals surface area contributed by atoms with Crippen molar-refractivity contribution >= 4 is 21.4 Å². The van der Waals surface area contributed by atoms with E-state index in [1.54, 1.807) is 31.2 Å². The van der Waals surface area contributed by atoms with Crippen molar-refractivity contribution in [3.63, 3.8) is 0 Å². The minimum absolute atomic E-state index is 0.156. The summed E-state index contributed by atoms with van der Waals surface area (Å²) in [5, 5.41) is 10.1. The number of sulfone groups is 1. The second-order valence-electron chi connectivity index (χ2n) is 4.04. The molecule has 19 heavy (non-hydrogen) atoms. The van der Waals surface area contributed by atoms with Gasteiger partial charge in [-0.05, 0) is 35.9 Å². The van der Waals surface area contributed by atoms with Crippen molar-refractivity contribution < 1.29 is 8.42 Å². The number of hydrogen-bond acceptors (Lipinski definition) is 5. The number of aromatic nitrogens is 4. The summed E-state index contributed by atoms with van der Waals surface area (Å²) in [5.41, 5.74) is 0.601. The second kappa shape index (κ2) is 5.66. The lowest BCUT2D eigenvalue weighted by atomic mass is 10.3. The van der Waals surface area contributed by atoms with Gasteiger partial charge in [0.25, 0.3) is 5.16 Å². The summed E-state index contributed by atoms with van der Waals surface area (Å²) in [6.07, 6.45) is 0.353. The van der Waals surface area contributed by atoms with E-state index in [0.717, 1.165) is 0 Å². The lowest BCUT2D eigenvalue weighted by molar-refractivity contribution is 0.565. The molecule has 1 atom stereocenters. The van der Waals surface area contributed by atoms with E-state index in [-0.39, 0.29) is 11.0 Å². The van der Waals surface area contributed by atoms with Gasteiger partial charge in [-0.25, -0.2) is 8.42 Å². The smallest absolute Gasteiger partial charge is 0.220 e. The molecule has 0 N–H and O–H groups in total. The molecule has 0 bridgehead atoms. The molecular formula is C11H13ClN4O2S. The molecule has 0 aliphatic carbocycles. The molecule has 1 unspecified atom stereocenters. The van der Waals surface area contributed by atoms with Gasteiger partial charge in [-0.1, -0.05) is 23.3 Å². The van der Waals surface area contributed by atoms with Gasteiger partial charge in [0.1, 0.15) is 0 Å². The standard InChI is InChI=1S/C11H13ClN4O2S/c1-9(7-8-12)19(17,18)11-13-14-15-16(11)10-5-3-2-4-6-10/h2-6,9H,7-8H2,1H3. The van der Waals surface area contributed by atoms with Gasteiger partial charge < -0.3 is 0 Å². The Labute approximate surface area is 116 Å². The number of para-hydroxylation sites is 1. The zero-order chi connectivity index (χ0) is 13.9. The number of benzene rings is 1. The quantitative estimate of drug-likeness (QED) is 0.781. The molecule has 0 aliphatic rings. The molecule has 6 nitrogen and oxygen atoms in total. The van der Waals surface area contributed by atoms with Crippen LogP contribution in [0.4, 0.5) is 0 Å². The van der Waals surface area contributed by atoms with Crippen molar-refractivity contribution in [3.8, 4) is 5.69 Å². The van der Waals surface area contributed by atoms with Crippen LogP contribution >= 0.6 is 11.6 Å². The molecule has 0 radical (unpaired) electrons. The zero-order valence-corrected chi connectivity index (χ0v) is 11.8. The minimum Gasteiger partial charge on any atom is -0.220 e. The highest BCUT2D eigenvalue weighted by Crippen LogP contribution is 2.18. The van der Waals surface area contributed by atoms with Crippen molar-refractivity contribution in [2.24, 2.45) is 0 Å². The molecule has 0 saturated carbocycles. The minimum atomic E-state index is -3.59. The summed E-state index contributed by atoms with van der Waals surface area (Å²) in [6.45, 7) is 1.60. The molecule has 1 heterocycles. The Morgan fingerprint density at radius 1 is 1.32 bits per heavy atom. The number of halogens is 1. The third-order valence-electron chi connectivity index (χ3n) is 2.74. The number of nitrogens with zero attached hydrogens (tertiary/aromatic N) is 4. The number of alkyl halides is 1. The van der Waals surface area contributed by atoms with Crippen molar-refractivity contribution in [1.82, 2.24) is 20.2 Å². The van der Waals surface area contributed by atoms with Crippen molar-refractivity contribution in [2.75, 3.05) is 5.88 Å². The predicted octanol–water partition coefficient (Wildman–Crippen LogP) is 1.45. The van der Waals surface area contributed by atoms with Crippen LogP contribution in [0, 0.1) is 0 Å². The van der Waals surface area contributed by atoms with E-state index in [1.165, 1.54) is 4.68 Å². The van der Waals surface area contributed by atoms with Crippen molar-refractivity contribution in [2.45, 2.75) is 23.8 Å².